The van der Waals surface area contributed by atoms with Gasteiger partial charge in [-0.1, -0.05) is 44.7 Å². The highest BCUT2D eigenvalue weighted by molar-refractivity contribution is 6.05. The van der Waals surface area contributed by atoms with Crippen molar-refractivity contribution >= 4 is 56.8 Å². The SMILES string of the molecule is C=C(C)[C@H](NC(=O)OC(C)(C)C)C(=O)N1CCC[C@H]1c1nc2c(ccc3cc(-c4ccc5nc([C@@H]6CC(F)(F)CN6C(=O)[C@@H](NC(=O)OC(C)(C)C)C(C)C)[nH]c5c4)ccc32)[nH]1. The molecule has 2 aromatic heterocycles. The molecular formula is C46H56F2N8O6. The first-order valence-electron chi connectivity index (χ1n) is 21.0. The summed E-state index contributed by atoms with van der Waals surface area (Å²) in [5, 5.41) is 7.14. The van der Waals surface area contributed by atoms with E-state index in [4.69, 9.17) is 14.5 Å². The van der Waals surface area contributed by atoms with E-state index in [1.165, 1.54) is 0 Å². The maximum atomic E-state index is 15.1. The summed E-state index contributed by atoms with van der Waals surface area (Å²) >= 11 is 0. The van der Waals surface area contributed by atoms with E-state index in [9.17, 15) is 19.2 Å². The van der Waals surface area contributed by atoms with Gasteiger partial charge in [0.2, 0.25) is 11.8 Å². The normalized spacial score (nSPS) is 19.0. The molecule has 4 heterocycles. The standard InChI is InChI=1S/C46H56F2N8O6/c1-24(2)35(53-42(59)61-44(5,6)7)40(57)55-19-11-12-33(55)38-50-31-18-15-28-20-26(13-16-29(28)37(31)52-38)27-14-17-30-32(21-27)51-39(49-30)34-22-46(47,48)23-56(34)41(58)36(25(3)4)54-43(60)62-45(8,9)10/h13-18,20-21,25,33-36H,1,11-12,19,22-23H2,2-10H3,(H,49,51)(H,50,52)(H,53,59)(H,54,60)/t33-,34-,35-,36-/m0/s1. The van der Waals surface area contributed by atoms with Crippen LogP contribution in [-0.2, 0) is 19.1 Å². The van der Waals surface area contributed by atoms with Gasteiger partial charge in [-0.25, -0.2) is 28.3 Å². The molecule has 4 N–H and O–H groups in total. The summed E-state index contributed by atoms with van der Waals surface area (Å²) in [6.45, 7) is 19.2. The number of carbonyl (C=O) groups is 4. The van der Waals surface area contributed by atoms with Crippen LogP contribution in [0.2, 0.25) is 0 Å². The quantitative estimate of drug-likeness (QED) is 0.106. The van der Waals surface area contributed by atoms with E-state index in [0.717, 1.165) is 44.3 Å². The average Bonchev–Trinajstić information content (AvgIpc) is 3.97. The van der Waals surface area contributed by atoms with Gasteiger partial charge in [0.15, 0.2) is 0 Å². The van der Waals surface area contributed by atoms with Gasteiger partial charge in [-0.05, 0) is 114 Å². The topological polar surface area (TPSA) is 175 Å². The van der Waals surface area contributed by atoms with Crippen molar-refractivity contribution in [3.05, 3.63) is 72.3 Å². The van der Waals surface area contributed by atoms with Gasteiger partial charge >= 0.3 is 12.2 Å². The Kier molecular flexibility index (Phi) is 11.6. The van der Waals surface area contributed by atoms with Crippen molar-refractivity contribution in [3.8, 4) is 11.1 Å². The van der Waals surface area contributed by atoms with E-state index in [1.54, 1.807) is 67.2 Å². The summed E-state index contributed by atoms with van der Waals surface area (Å²) in [4.78, 5) is 72.2. The first kappa shape index (κ1) is 44.0. The number of benzene rings is 3. The highest BCUT2D eigenvalue weighted by Crippen LogP contribution is 2.42. The van der Waals surface area contributed by atoms with Crippen LogP contribution in [0.1, 0.15) is 105 Å². The van der Waals surface area contributed by atoms with Gasteiger partial charge in [-0.15, -0.1) is 0 Å². The van der Waals surface area contributed by atoms with Gasteiger partial charge in [-0.3, -0.25) is 9.59 Å². The molecule has 0 spiro atoms. The summed E-state index contributed by atoms with van der Waals surface area (Å²) in [6, 6.07) is 12.2. The van der Waals surface area contributed by atoms with E-state index in [0.29, 0.717) is 35.4 Å². The number of nitrogens with zero attached hydrogens (tertiary/aromatic N) is 4. The van der Waals surface area contributed by atoms with Gasteiger partial charge in [0.05, 0.1) is 40.7 Å². The van der Waals surface area contributed by atoms with Gasteiger partial charge < -0.3 is 39.9 Å². The monoisotopic (exact) mass is 854 g/mol. The average molecular weight is 855 g/mol. The molecular weight excluding hydrogens is 799 g/mol. The van der Waals surface area contributed by atoms with Crippen molar-refractivity contribution < 1.29 is 37.4 Å². The molecule has 330 valence electrons. The summed E-state index contributed by atoms with van der Waals surface area (Å²) < 4.78 is 40.9. The number of rotatable bonds is 9. The van der Waals surface area contributed by atoms with E-state index < -0.39 is 72.2 Å². The van der Waals surface area contributed by atoms with Gasteiger partial charge in [0.25, 0.3) is 5.92 Å². The first-order valence-corrected chi connectivity index (χ1v) is 21.0. The molecule has 62 heavy (non-hydrogen) atoms. The Bertz CT molecular complexity index is 2570. The minimum atomic E-state index is -3.16. The molecule has 7 rings (SSSR count). The van der Waals surface area contributed by atoms with Gasteiger partial charge in [0.1, 0.15) is 34.9 Å². The second-order valence-corrected chi connectivity index (χ2v) is 18.9. The Labute approximate surface area is 359 Å². The lowest BCUT2D eigenvalue weighted by atomic mass is 10.0. The number of alkyl carbamates (subject to hydrolysis) is 2. The van der Waals surface area contributed by atoms with E-state index in [-0.39, 0.29) is 17.8 Å². The fourth-order valence-electron chi connectivity index (χ4n) is 8.25. The van der Waals surface area contributed by atoms with Gasteiger partial charge in [0, 0.05) is 18.4 Å². The lowest BCUT2D eigenvalue weighted by Gasteiger charge is -2.30. The zero-order chi connectivity index (χ0) is 45.1. The van der Waals surface area contributed by atoms with Crippen LogP contribution in [0.15, 0.2) is 60.7 Å². The number of likely N-dealkylation sites (tertiary alicyclic amines) is 2. The molecule has 5 aromatic rings. The number of alkyl halides is 2. The zero-order valence-electron chi connectivity index (χ0n) is 36.7. The molecule has 4 atom stereocenters. The molecule has 2 fully saturated rings. The molecule has 4 amide bonds. The number of ether oxygens (including phenoxy) is 2. The number of H-pyrrole nitrogens is 2. The van der Waals surface area contributed by atoms with Crippen molar-refractivity contribution in [2.75, 3.05) is 13.1 Å². The molecule has 0 unspecified atom stereocenters. The third-order valence-corrected chi connectivity index (χ3v) is 11.0. The molecule has 0 radical (unpaired) electrons. The minimum absolute atomic E-state index is 0.231. The summed E-state index contributed by atoms with van der Waals surface area (Å²) in [7, 11) is 0. The highest BCUT2D eigenvalue weighted by Gasteiger charge is 2.50. The van der Waals surface area contributed by atoms with Crippen LogP contribution >= 0.6 is 0 Å². The third-order valence-electron chi connectivity index (χ3n) is 11.0. The zero-order valence-corrected chi connectivity index (χ0v) is 36.7. The number of halogens is 2. The number of hydrogen-bond donors (Lipinski definition) is 4. The second-order valence-electron chi connectivity index (χ2n) is 18.9. The predicted octanol–water partition coefficient (Wildman–Crippen LogP) is 8.85. The second kappa shape index (κ2) is 16.3. The number of aromatic nitrogens is 4. The number of aromatic amines is 2. The van der Waals surface area contributed by atoms with Crippen LogP contribution in [0.5, 0.6) is 0 Å². The molecule has 0 saturated carbocycles. The number of nitrogens with one attached hydrogen (secondary N) is 4. The largest absolute Gasteiger partial charge is 0.444 e. The predicted molar refractivity (Wildman–Crippen MR) is 232 cm³/mol. The maximum absolute atomic E-state index is 15.1. The number of carbonyl (C=O) groups excluding carboxylic acids is 4. The Morgan fingerprint density at radius 1 is 0.823 bits per heavy atom. The number of amides is 4. The van der Waals surface area contributed by atoms with Gasteiger partial charge in [-0.2, -0.15) is 0 Å². The number of fused-ring (bicyclic) bond motifs is 4. The van der Waals surface area contributed by atoms with Crippen molar-refractivity contribution in [2.24, 2.45) is 5.92 Å². The molecule has 2 saturated heterocycles. The van der Waals surface area contributed by atoms with Crippen molar-refractivity contribution in [1.29, 1.82) is 0 Å². The van der Waals surface area contributed by atoms with Crippen LogP contribution in [0, 0.1) is 5.92 Å². The lowest BCUT2D eigenvalue weighted by molar-refractivity contribution is -0.137. The molecule has 14 nitrogen and oxygen atoms in total. The lowest BCUT2D eigenvalue weighted by Crippen LogP contribution is -2.52. The first-order chi connectivity index (χ1) is 29.0. The molecule has 0 aliphatic carbocycles. The Hall–Kier alpha value is -6.06. The maximum Gasteiger partial charge on any atom is 0.408 e. The summed E-state index contributed by atoms with van der Waals surface area (Å²) in [5.41, 5.74) is 3.47. The minimum Gasteiger partial charge on any atom is -0.444 e. The molecule has 16 heteroatoms. The number of imidazole rings is 2. The summed E-state index contributed by atoms with van der Waals surface area (Å²) in [5.74, 6) is -3.59. The highest BCUT2D eigenvalue weighted by atomic mass is 19.3. The van der Waals surface area contributed by atoms with E-state index >= 15 is 8.78 Å². The van der Waals surface area contributed by atoms with Crippen LogP contribution in [0.4, 0.5) is 18.4 Å². The van der Waals surface area contributed by atoms with E-state index in [1.807, 2.05) is 42.5 Å². The Morgan fingerprint density at radius 3 is 2.11 bits per heavy atom. The number of hydrogen-bond acceptors (Lipinski definition) is 8. The van der Waals surface area contributed by atoms with Crippen molar-refractivity contribution in [1.82, 2.24) is 40.4 Å². The molecule has 2 aliphatic heterocycles. The fourth-order valence-corrected chi connectivity index (χ4v) is 8.25. The molecule has 2 aliphatic rings. The van der Waals surface area contributed by atoms with Crippen LogP contribution in [0.3, 0.4) is 0 Å². The molecule has 0 bridgehead atoms. The van der Waals surface area contributed by atoms with Crippen LogP contribution in [-0.4, -0.2) is 96.0 Å². The molecule has 3 aromatic carbocycles. The Morgan fingerprint density at radius 2 is 1.45 bits per heavy atom. The smallest absolute Gasteiger partial charge is 0.408 e. The fraction of sp³-hybridized carbons (Fsp3) is 0.478. The van der Waals surface area contributed by atoms with Crippen molar-refractivity contribution in [3.63, 3.8) is 0 Å². The van der Waals surface area contributed by atoms with Crippen LogP contribution in [0.25, 0.3) is 44.0 Å². The van der Waals surface area contributed by atoms with Crippen LogP contribution < -0.4 is 10.6 Å². The summed E-state index contributed by atoms with van der Waals surface area (Å²) in [6.07, 6.45) is -0.649. The van der Waals surface area contributed by atoms with Crippen molar-refractivity contribution in [2.45, 2.75) is 123 Å². The third kappa shape index (κ3) is 9.38. The van der Waals surface area contributed by atoms with E-state index in [2.05, 4.69) is 38.2 Å². The Balaban J connectivity index is 1.12.